The minimum absolute atomic E-state index is 0.918. The summed E-state index contributed by atoms with van der Waals surface area (Å²) < 4.78 is 0.918. The van der Waals surface area contributed by atoms with E-state index < -0.39 is 0 Å². The lowest BCUT2D eigenvalue weighted by Crippen LogP contribution is -1.64. The van der Waals surface area contributed by atoms with Gasteiger partial charge in [0.05, 0.1) is 14.6 Å². The molecule has 0 spiro atoms. The van der Waals surface area contributed by atoms with Gasteiger partial charge in [0, 0.05) is 5.38 Å². The van der Waals surface area contributed by atoms with E-state index in [0.717, 1.165) is 9.09 Å². The third-order valence-corrected chi connectivity index (χ3v) is 1.77. The Labute approximate surface area is 74.1 Å². The highest BCUT2D eigenvalue weighted by atomic mass is 79.9. The molecule has 0 radical (unpaired) electrons. The van der Waals surface area contributed by atoms with Gasteiger partial charge in [-0.15, -0.1) is 11.3 Å². The van der Waals surface area contributed by atoms with Crippen molar-refractivity contribution in [1.82, 2.24) is 4.98 Å². The maximum atomic E-state index is 4.04. The van der Waals surface area contributed by atoms with Crippen molar-refractivity contribution in [2.75, 3.05) is 0 Å². The first kappa shape index (κ1) is 7.44. The van der Waals surface area contributed by atoms with Crippen LogP contribution in [0.3, 0.4) is 0 Å². The molecule has 1 rings (SSSR count). The number of hydrogen-bond acceptors (Lipinski definition) is 2. The van der Waals surface area contributed by atoms with Gasteiger partial charge in [-0.1, -0.05) is 0 Å². The van der Waals surface area contributed by atoms with Crippen molar-refractivity contribution in [2.24, 2.45) is 0 Å². The standard InChI is InChI=1S/C5H3Br2NS/c6-5(7)1-4-2-9-3-8-4/h1-3H. The van der Waals surface area contributed by atoms with Crippen molar-refractivity contribution >= 4 is 49.3 Å². The molecule has 1 aromatic rings. The van der Waals surface area contributed by atoms with Crippen LogP contribution in [-0.4, -0.2) is 4.98 Å². The van der Waals surface area contributed by atoms with E-state index in [1.165, 1.54) is 0 Å². The molecule has 0 aliphatic rings. The summed E-state index contributed by atoms with van der Waals surface area (Å²) in [5.74, 6) is 0. The van der Waals surface area contributed by atoms with Gasteiger partial charge >= 0.3 is 0 Å². The van der Waals surface area contributed by atoms with Gasteiger partial charge in [-0.25, -0.2) is 4.98 Å². The van der Waals surface area contributed by atoms with Crippen LogP contribution < -0.4 is 0 Å². The fourth-order valence-corrected chi connectivity index (χ4v) is 1.39. The van der Waals surface area contributed by atoms with E-state index in [0.29, 0.717) is 0 Å². The van der Waals surface area contributed by atoms with Crippen molar-refractivity contribution in [3.63, 3.8) is 0 Å². The lowest BCUT2D eigenvalue weighted by Gasteiger charge is -1.79. The maximum Gasteiger partial charge on any atom is 0.0798 e. The van der Waals surface area contributed by atoms with E-state index in [1.54, 1.807) is 16.8 Å². The topological polar surface area (TPSA) is 12.9 Å². The molecule has 1 aromatic heterocycles. The van der Waals surface area contributed by atoms with Gasteiger partial charge in [0.1, 0.15) is 0 Å². The summed E-state index contributed by atoms with van der Waals surface area (Å²) in [7, 11) is 0. The van der Waals surface area contributed by atoms with Gasteiger partial charge in [-0.3, -0.25) is 0 Å². The zero-order valence-corrected chi connectivity index (χ0v) is 8.33. The number of thiazole rings is 1. The van der Waals surface area contributed by atoms with Crippen LogP contribution in [0.2, 0.25) is 0 Å². The van der Waals surface area contributed by atoms with Crippen molar-refractivity contribution in [1.29, 1.82) is 0 Å². The molecule has 0 aliphatic carbocycles. The highest BCUT2D eigenvalue weighted by Crippen LogP contribution is 2.17. The van der Waals surface area contributed by atoms with Gasteiger partial charge in [0.2, 0.25) is 0 Å². The van der Waals surface area contributed by atoms with E-state index in [1.807, 2.05) is 11.5 Å². The van der Waals surface area contributed by atoms with Crippen LogP contribution in [0, 0.1) is 0 Å². The summed E-state index contributed by atoms with van der Waals surface area (Å²) in [5.41, 5.74) is 2.78. The Balaban J connectivity index is 2.80. The Morgan fingerprint density at radius 2 is 2.44 bits per heavy atom. The Morgan fingerprint density at radius 3 is 2.89 bits per heavy atom. The van der Waals surface area contributed by atoms with Crippen molar-refractivity contribution in [3.8, 4) is 0 Å². The van der Waals surface area contributed by atoms with Crippen LogP contribution in [0.25, 0.3) is 6.08 Å². The highest BCUT2D eigenvalue weighted by Gasteiger charge is 1.88. The van der Waals surface area contributed by atoms with Gasteiger partial charge < -0.3 is 0 Å². The number of aromatic nitrogens is 1. The molecule has 9 heavy (non-hydrogen) atoms. The minimum atomic E-state index is 0.918. The zero-order valence-electron chi connectivity index (χ0n) is 4.34. The predicted octanol–water partition coefficient (Wildman–Crippen LogP) is 3.23. The fraction of sp³-hybridized carbons (Fsp3) is 0. The summed E-state index contributed by atoms with van der Waals surface area (Å²) in [6.07, 6.45) is 1.90. The quantitative estimate of drug-likeness (QED) is 0.762. The molecular weight excluding hydrogens is 266 g/mol. The SMILES string of the molecule is BrC(Br)=Cc1cscn1. The molecule has 48 valence electrons. The van der Waals surface area contributed by atoms with Gasteiger partial charge in [-0.05, 0) is 37.9 Å². The Morgan fingerprint density at radius 1 is 1.67 bits per heavy atom. The van der Waals surface area contributed by atoms with Crippen LogP contribution in [-0.2, 0) is 0 Å². The van der Waals surface area contributed by atoms with Crippen LogP contribution in [0.5, 0.6) is 0 Å². The first-order valence-electron chi connectivity index (χ1n) is 2.20. The minimum Gasteiger partial charge on any atom is -0.245 e. The average Bonchev–Trinajstić information content (AvgIpc) is 2.15. The van der Waals surface area contributed by atoms with Gasteiger partial charge in [-0.2, -0.15) is 0 Å². The lowest BCUT2D eigenvalue weighted by molar-refractivity contribution is 1.39. The Bertz CT molecular complexity index is 201. The molecule has 0 saturated heterocycles. The van der Waals surface area contributed by atoms with E-state index in [-0.39, 0.29) is 0 Å². The Kier molecular flexibility index (Phi) is 2.88. The molecule has 4 heteroatoms. The lowest BCUT2D eigenvalue weighted by atomic mass is 10.5. The van der Waals surface area contributed by atoms with Crippen molar-refractivity contribution in [3.05, 3.63) is 20.0 Å². The molecule has 0 unspecified atom stereocenters. The first-order chi connectivity index (χ1) is 4.29. The van der Waals surface area contributed by atoms with Crippen LogP contribution >= 0.6 is 43.2 Å². The predicted molar refractivity (Wildman–Crippen MR) is 47.9 cm³/mol. The smallest absolute Gasteiger partial charge is 0.0798 e. The molecular formula is C5H3Br2NS. The van der Waals surface area contributed by atoms with Gasteiger partial charge in [0.15, 0.2) is 0 Å². The average molecular weight is 269 g/mol. The van der Waals surface area contributed by atoms with Crippen molar-refractivity contribution < 1.29 is 0 Å². The number of halogens is 2. The second-order valence-corrected chi connectivity index (χ2v) is 4.84. The van der Waals surface area contributed by atoms with E-state index in [2.05, 4.69) is 36.8 Å². The molecule has 0 N–H and O–H groups in total. The second-order valence-electron chi connectivity index (χ2n) is 1.35. The van der Waals surface area contributed by atoms with E-state index in [9.17, 15) is 0 Å². The molecule has 1 nitrogen and oxygen atoms in total. The summed E-state index contributed by atoms with van der Waals surface area (Å²) in [5, 5.41) is 1.97. The molecule has 0 saturated carbocycles. The highest BCUT2D eigenvalue weighted by molar-refractivity contribution is 9.28. The molecule has 0 bridgehead atoms. The summed E-state index contributed by atoms with van der Waals surface area (Å²) >= 11 is 8.06. The molecule has 0 amide bonds. The largest absolute Gasteiger partial charge is 0.245 e. The fourth-order valence-electron chi connectivity index (χ4n) is 0.405. The maximum absolute atomic E-state index is 4.04. The van der Waals surface area contributed by atoms with E-state index in [4.69, 9.17) is 0 Å². The van der Waals surface area contributed by atoms with Crippen LogP contribution in [0.1, 0.15) is 5.69 Å². The molecule has 0 fully saturated rings. The molecule has 0 aromatic carbocycles. The molecule has 0 atom stereocenters. The summed E-state index contributed by atoms with van der Waals surface area (Å²) in [4.78, 5) is 4.04. The molecule has 1 heterocycles. The number of hydrogen-bond donors (Lipinski definition) is 0. The van der Waals surface area contributed by atoms with Crippen LogP contribution in [0.4, 0.5) is 0 Å². The van der Waals surface area contributed by atoms with Gasteiger partial charge in [0.25, 0.3) is 0 Å². The third kappa shape index (κ3) is 2.60. The molecule has 0 aliphatic heterocycles. The summed E-state index contributed by atoms with van der Waals surface area (Å²) in [6.45, 7) is 0. The monoisotopic (exact) mass is 267 g/mol. The first-order valence-corrected chi connectivity index (χ1v) is 4.73. The second kappa shape index (κ2) is 3.49. The zero-order chi connectivity index (χ0) is 6.69. The van der Waals surface area contributed by atoms with Crippen molar-refractivity contribution in [2.45, 2.75) is 0 Å². The van der Waals surface area contributed by atoms with Crippen LogP contribution in [0.15, 0.2) is 14.3 Å². The number of nitrogens with zero attached hydrogens (tertiary/aromatic N) is 1. The number of rotatable bonds is 1. The summed E-state index contributed by atoms with van der Waals surface area (Å²) in [6, 6.07) is 0. The Hall–Kier alpha value is 0.330. The van der Waals surface area contributed by atoms with E-state index >= 15 is 0 Å². The normalized spacial score (nSPS) is 9.11. The third-order valence-electron chi connectivity index (χ3n) is 0.708.